The molecule has 0 aliphatic carbocycles. The summed E-state index contributed by atoms with van der Waals surface area (Å²) in [5.41, 5.74) is 6.83. The summed E-state index contributed by atoms with van der Waals surface area (Å²) < 4.78 is 0. The number of anilines is 1. The standard InChI is InChI=1S/C15H20ClN3O/c16-13-9-11(3-4-14(13)17)15(20)19-8-5-12(10-19)18-6-1-2-7-18/h3-4,9,12H,1-2,5-8,10,17H2. The van der Waals surface area contributed by atoms with Gasteiger partial charge in [-0.15, -0.1) is 0 Å². The Hall–Kier alpha value is -1.26. The zero-order valence-corrected chi connectivity index (χ0v) is 12.3. The maximum atomic E-state index is 12.5. The zero-order valence-electron chi connectivity index (χ0n) is 11.5. The lowest BCUT2D eigenvalue weighted by molar-refractivity contribution is 0.0780. The summed E-state index contributed by atoms with van der Waals surface area (Å²) >= 11 is 5.99. The van der Waals surface area contributed by atoms with Gasteiger partial charge in [0.1, 0.15) is 0 Å². The van der Waals surface area contributed by atoms with Crippen LogP contribution in [0.4, 0.5) is 5.69 Å². The van der Waals surface area contributed by atoms with Crippen LogP contribution in [0.1, 0.15) is 29.6 Å². The van der Waals surface area contributed by atoms with E-state index in [0.717, 1.165) is 19.5 Å². The van der Waals surface area contributed by atoms with E-state index in [1.807, 2.05) is 4.90 Å². The summed E-state index contributed by atoms with van der Waals surface area (Å²) in [4.78, 5) is 16.9. The molecule has 0 saturated carbocycles. The molecule has 0 spiro atoms. The van der Waals surface area contributed by atoms with Crippen LogP contribution < -0.4 is 5.73 Å². The number of hydrogen-bond acceptors (Lipinski definition) is 3. The van der Waals surface area contributed by atoms with Crippen LogP contribution in [0.2, 0.25) is 5.02 Å². The molecule has 108 valence electrons. The molecule has 1 unspecified atom stereocenters. The van der Waals surface area contributed by atoms with Crippen LogP contribution in [0, 0.1) is 0 Å². The fraction of sp³-hybridized carbons (Fsp3) is 0.533. The van der Waals surface area contributed by atoms with E-state index in [1.54, 1.807) is 18.2 Å². The Morgan fingerprint density at radius 3 is 2.70 bits per heavy atom. The molecule has 2 heterocycles. The number of rotatable bonds is 2. The average molecular weight is 294 g/mol. The summed E-state index contributed by atoms with van der Waals surface area (Å²) in [7, 11) is 0. The predicted molar refractivity (Wildman–Crippen MR) is 81.0 cm³/mol. The second kappa shape index (κ2) is 5.62. The normalized spacial score (nSPS) is 23.4. The number of nitrogen functional groups attached to an aromatic ring is 1. The Morgan fingerprint density at radius 2 is 2.00 bits per heavy atom. The molecular weight excluding hydrogens is 274 g/mol. The third-order valence-corrected chi connectivity index (χ3v) is 4.68. The summed E-state index contributed by atoms with van der Waals surface area (Å²) in [5, 5.41) is 0.450. The number of carbonyl (C=O) groups excluding carboxylic acids is 1. The molecule has 2 fully saturated rings. The highest BCUT2D eigenvalue weighted by Gasteiger charge is 2.31. The molecule has 0 aromatic heterocycles. The summed E-state index contributed by atoms with van der Waals surface area (Å²) in [6, 6.07) is 5.66. The second-order valence-electron chi connectivity index (χ2n) is 5.67. The lowest BCUT2D eigenvalue weighted by Gasteiger charge is -2.23. The molecule has 2 N–H and O–H groups in total. The van der Waals surface area contributed by atoms with Gasteiger partial charge in [-0.3, -0.25) is 9.69 Å². The van der Waals surface area contributed by atoms with E-state index in [0.29, 0.717) is 22.3 Å². The Bertz CT molecular complexity index is 514. The van der Waals surface area contributed by atoms with Crippen molar-refractivity contribution in [3.63, 3.8) is 0 Å². The molecule has 2 aliphatic heterocycles. The van der Waals surface area contributed by atoms with Crippen LogP contribution in [0.3, 0.4) is 0 Å². The molecule has 0 radical (unpaired) electrons. The number of likely N-dealkylation sites (tertiary alicyclic amines) is 2. The van der Waals surface area contributed by atoms with Crippen LogP contribution in [-0.2, 0) is 0 Å². The van der Waals surface area contributed by atoms with Gasteiger partial charge >= 0.3 is 0 Å². The van der Waals surface area contributed by atoms with Gasteiger partial charge in [-0.1, -0.05) is 11.6 Å². The lowest BCUT2D eigenvalue weighted by atomic mass is 10.2. The average Bonchev–Trinajstić information content (AvgIpc) is 3.11. The highest BCUT2D eigenvalue weighted by molar-refractivity contribution is 6.33. The van der Waals surface area contributed by atoms with Crippen molar-refractivity contribution in [2.24, 2.45) is 0 Å². The van der Waals surface area contributed by atoms with Gasteiger partial charge in [0, 0.05) is 24.7 Å². The third kappa shape index (κ3) is 2.63. The molecular formula is C15H20ClN3O. The minimum Gasteiger partial charge on any atom is -0.398 e. The summed E-state index contributed by atoms with van der Waals surface area (Å²) in [6.45, 7) is 4.03. The van der Waals surface area contributed by atoms with E-state index in [9.17, 15) is 4.79 Å². The molecule has 1 amide bonds. The maximum Gasteiger partial charge on any atom is 0.253 e. The molecule has 20 heavy (non-hydrogen) atoms. The molecule has 1 atom stereocenters. The van der Waals surface area contributed by atoms with Crippen molar-refractivity contribution < 1.29 is 4.79 Å². The first-order chi connectivity index (χ1) is 9.65. The van der Waals surface area contributed by atoms with Gasteiger partial charge < -0.3 is 10.6 Å². The fourth-order valence-electron chi connectivity index (χ4n) is 3.17. The molecule has 1 aromatic carbocycles. The molecule has 3 rings (SSSR count). The van der Waals surface area contributed by atoms with Gasteiger partial charge in [-0.25, -0.2) is 0 Å². The van der Waals surface area contributed by atoms with Crippen LogP contribution in [0.25, 0.3) is 0 Å². The van der Waals surface area contributed by atoms with Crippen molar-refractivity contribution in [2.75, 3.05) is 31.9 Å². The molecule has 5 heteroatoms. The second-order valence-corrected chi connectivity index (χ2v) is 6.08. The number of carbonyl (C=O) groups is 1. The van der Waals surface area contributed by atoms with E-state index in [4.69, 9.17) is 17.3 Å². The van der Waals surface area contributed by atoms with E-state index < -0.39 is 0 Å². The van der Waals surface area contributed by atoms with Crippen molar-refractivity contribution >= 4 is 23.2 Å². The minimum absolute atomic E-state index is 0.0635. The SMILES string of the molecule is Nc1ccc(C(=O)N2CCC(N3CCCC3)C2)cc1Cl. The minimum atomic E-state index is 0.0635. The van der Waals surface area contributed by atoms with Crippen LogP contribution in [0.15, 0.2) is 18.2 Å². The number of hydrogen-bond donors (Lipinski definition) is 1. The molecule has 4 nitrogen and oxygen atoms in total. The first kappa shape index (κ1) is 13.7. The van der Waals surface area contributed by atoms with Gasteiger partial charge in [-0.05, 0) is 50.6 Å². The first-order valence-corrected chi connectivity index (χ1v) is 7.61. The van der Waals surface area contributed by atoms with Gasteiger partial charge in [0.2, 0.25) is 0 Å². The van der Waals surface area contributed by atoms with Crippen LogP contribution in [-0.4, -0.2) is 47.9 Å². The maximum absolute atomic E-state index is 12.5. The fourth-order valence-corrected chi connectivity index (χ4v) is 3.35. The van der Waals surface area contributed by atoms with Crippen LogP contribution in [0.5, 0.6) is 0 Å². The Morgan fingerprint density at radius 1 is 1.25 bits per heavy atom. The van der Waals surface area contributed by atoms with Crippen molar-refractivity contribution in [1.29, 1.82) is 0 Å². The number of benzene rings is 1. The van der Waals surface area contributed by atoms with E-state index in [-0.39, 0.29) is 5.91 Å². The highest BCUT2D eigenvalue weighted by atomic mass is 35.5. The Balaban J connectivity index is 1.67. The number of nitrogens with zero attached hydrogens (tertiary/aromatic N) is 2. The number of halogens is 1. The summed E-state index contributed by atoms with van der Waals surface area (Å²) in [6.07, 6.45) is 3.66. The summed E-state index contributed by atoms with van der Waals surface area (Å²) in [5.74, 6) is 0.0635. The van der Waals surface area contributed by atoms with Crippen LogP contribution >= 0.6 is 11.6 Å². The van der Waals surface area contributed by atoms with Crippen molar-refractivity contribution in [3.05, 3.63) is 28.8 Å². The smallest absolute Gasteiger partial charge is 0.253 e. The van der Waals surface area contributed by atoms with Gasteiger partial charge in [0.05, 0.1) is 10.7 Å². The van der Waals surface area contributed by atoms with Crippen molar-refractivity contribution in [1.82, 2.24) is 9.80 Å². The van der Waals surface area contributed by atoms with E-state index >= 15 is 0 Å². The Kier molecular flexibility index (Phi) is 3.85. The van der Waals surface area contributed by atoms with Crippen molar-refractivity contribution in [2.45, 2.75) is 25.3 Å². The monoisotopic (exact) mass is 293 g/mol. The lowest BCUT2D eigenvalue weighted by Crippen LogP contribution is -2.37. The Labute approximate surface area is 124 Å². The molecule has 2 saturated heterocycles. The quantitative estimate of drug-likeness (QED) is 0.851. The topological polar surface area (TPSA) is 49.6 Å². The number of nitrogens with two attached hydrogens (primary N) is 1. The van der Waals surface area contributed by atoms with Gasteiger partial charge in [0.15, 0.2) is 0 Å². The first-order valence-electron chi connectivity index (χ1n) is 7.23. The van der Waals surface area contributed by atoms with Crippen molar-refractivity contribution in [3.8, 4) is 0 Å². The molecule has 1 aromatic rings. The molecule has 0 bridgehead atoms. The molecule has 2 aliphatic rings. The van der Waals surface area contributed by atoms with E-state index in [2.05, 4.69) is 4.90 Å². The third-order valence-electron chi connectivity index (χ3n) is 4.36. The number of amides is 1. The highest BCUT2D eigenvalue weighted by Crippen LogP contribution is 2.24. The van der Waals surface area contributed by atoms with Gasteiger partial charge in [0.25, 0.3) is 5.91 Å². The predicted octanol–water partition coefficient (Wildman–Crippen LogP) is 2.23. The van der Waals surface area contributed by atoms with E-state index in [1.165, 1.54) is 25.9 Å². The van der Waals surface area contributed by atoms with Gasteiger partial charge in [-0.2, -0.15) is 0 Å². The zero-order chi connectivity index (χ0) is 14.1. The largest absolute Gasteiger partial charge is 0.398 e.